The predicted molar refractivity (Wildman–Crippen MR) is 193 cm³/mol. The molecule has 0 saturated carbocycles. The second-order valence-corrected chi connectivity index (χ2v) is 11.3. The van der Waals surface area contributed by atoms with Crippen LogP contribution in [0.1, 0.15) is 44.7 Å². The summed E-state index contributed by atoms with van der Waals surface area (Å²) >= 11 is 0. The van der Waals surface area contributed by atoms with Crippen LogP contribution in [0, 0.1) is 64.5 Å². The number of nitriles is 4. The maximum absolute atomic E-state index is 11.3. The zero-order valence-corrected chi connectivity index (χ0v) is 28.1. The van der Waals surface area contributed by atoms with Gasteiger partial charge in [-0.15, -0.1) is 23.8 Å². The SMILES string of the molecule is [C-]#[N+]C(C#N)=C(C(C#N)=CC=CC1=C(N2CCOCC2)C(=CC=CC(C#N)=C(c2ccc(C(=O)O)cc2)[C-](C#N)[N+]#[C-])CC1)c1ccc(C(=O)O)cc1. The predicted octanol–water partition coefficient (Wildman–Crippen LogP) is 7.06. The summed E-state index contributed by atoms with van der Waals surface area (Å²) in [5.41, 5.74) is 3.49. The van der Waals surface area contributed by atoms with E-state index in [1.54, 1.807) is 12.2 Å². The number of allylic oxidation sites excluding steroid dienone is 12. The van der Waals surface area contributed by atoms with Gasteiger partial charge in [-0.05, 0) is 53.8 Å². The summed E-state index contributed by atoms with van der Waals surface area (Å²) in [6.45, 7) is 17.3. The monoisotopic (exact) mass is 698 g/mol. The number of nitrogens with zero attached hydrogens (tertiary/aromatic N) is 7. The molecule has 1 fully saturated rings. The molecule has 2 N–H and O–H groups in total. The van der Waals surface area contributed by atoms with Crippen LogP contribution in [0.3, 0.4) is 0 Å². The molecule has 1 aliphatic heterocycles. The average Bonchev–Trinajstić information content (AvgIpc) is 3.59. The average molecular weight is 699 g/mol. The topological polar surface area (TPSA) is 191 Å². The van der Waals surface area contributed by atoms with Crippen molar-refractivity contribution in [2.24, 2.45) is 0 Å². The van der Waals surface area contributed by atoms with Crippen LogP contribution in [0.25, 0.3) is 20.8 Å². The lowest BCUT2D eigenvalue weighted by Crippen LogP contribution is -2.36. The number of carboxylic acid groups (broad SMARTS) is 2. The minimum Gasteiger partial charge on any atom is -0.478 e. The summed E-state index contributed by atoms with van der Waals surface area (Å²) < 4.78 is 5.57. The highest BCUT2D eigenvalue weighted by molar-refractivity contribution is 5.92. The van der Waals surface area contributed by atoms with Gasteiger partial charge >= 0.3 is 11.9 Å². The molecule has 2 aromatic rings. The van der Waals surface area contributed by atoms with Gasteiger partial charge in [0.25, 0.3) is 5.70 Å². The van der Waals surface area contributed by atoms with E-state index in [0.29, 0.717) is 50.3 Å². The number of morpholine rings is 1. The van der Waals surface area contributed by atoms with E-state index >= 15 is 0 Å². The largest absolute Gasteiger partial charge is 0.478 e. The quantitative estimate of drug-likeness (QED) is 0.140. The number of carbonyl (C=O) groups is 2. The van der Waals surface area contributed by atoms with Gasteiger partial charge in [-0.2, -0.15) is 10.8 Å². The molecule has 1 aliphatic carbocycles. The molecule has 0 spiro atoms. The van der Waals surface area contributed by atoms with E-state index < -0.39 is 11.9 Å². The Kier molecular flexibility index (Phi) is 13.0. The van der Waals surface area contributed by atoms with Crippen molar-refractivity contribution in [3.63, 3.8) is 0 Å². The van der Waals surface area contributed by atoms with Gasteiger partial charge in [0, 0.05) is 24.4 Å². The molecule has 0 bridgehead atoms. The van der Waals surface area contributed by atoms with Gasteiger partial charge in [0.15, 0.2) is 0 Å². The van der Waals surface area contributed by atoms with Crippen LogP contribution in [-0.4, -0.2) is 53.4 Å². The van der Waals surface area contributed by atoms with Gasteiger partial charge in [-0.25, -0.2) is 35.1 Å². The Morgan fingerprint density at radius 2 is 1.43 bits per heavy atom. The lowest BCUT2D eigenvalue weighted by atomic mass is 9.93. The fourth-order valence-electron chi connectivity index (χ4n) is 5.78. The van der Waals surface area contributed by atoms with Crippen LogP contribution in [0.4, 0.5) is 0 Å². The van der Waals surface area contributed by atoms with Crippen LogP contribution < -0.4 is 0 Å². The van der Waals surface area contributed by atoms with Crippen LogP contribution in [0.2, 0.25) is 0 Å². The molecule has 258 valence electrons. The summed E-state index contributed by atoms with van der Waals surface area (Å²) in [6.07, 6.45) is 11.3. The zero-order chi connectivity index (χ0) is 38.3. The summed E-state index contributed by atoms with van der Waals surface area (Å²) in [7, 11) is 0. The maximum Gasteiger partial charge on any atom is 0.335 e. The summed E-state index contributed by atoms with van der Waals surface area (Å²) in [6, 6.07) is 18.6. The fourth-order valence-corrected chi connectivity index (χ4v) is 5.78. The minimum absolute atomic E-state index is 0.0144. The molecule has 0 unspecified atom stereocenters. The van der Waals surface area contributed by atoms with E-state index in [1.807, 2.05) is 24.3 Å². The van der Waals surface area contributed by atoms with Gasteiger partial charge in [0.2, 0.25) is 6.04 Å². The Hall–Kier alpha value is -7.87. The third-order valence-corrected chi connectivity index (χ3v) is 8.25. The van der Waals surface area contributed by atoms with Crippen molar-refractivity contribution in [2.75, 3.05) is 26.3 Å². The highest BCUT2D eigenvalue weighted by atomic mass is 16.5. The minimum atomic E-state index is -1.14. The number of rotatable bonds is 11. The van der Waals surface area contributed by atoms with Crippen LogP contribution >= 0.6 is 0 Å². The molecule has 0 amide bonds. The molecule has 0 atom stereocenters. The number of ether oxygens (including phenoxy) is 1. The van der Waals surface area contributed by atoms with Gasteiger partial charge in [0.05, 0.1) is 61.3 Å². The van der Waals surface area contributed by atoms with Crippen molar-refractivity contribution in [3.8, 4) is 24.3 Å². The summed E-state index contributed by atoms with van der Waals surface area (Å²) in [4.78, 5) is 31.5. The van der Waals surface area contributed by atoms with Crippen molar-refractivity contribution in [3.05, 3.63) is 170 Å². The van der Waals surface area contributed by atoms with E-state index in [-0.39, 0.29) is 45.2 Å². The Labute approximate surface area is 306 Å². The van der Waals surface area contributed by atoms with Crippen LogP contribution in [0.15, 0.2) is 119 Å². The molecule has 2 aromatic carbocycles. The Morgan fingerprint density at radius 3 is 1.94 bits per heavy atom. The smallest absolute Gasteiger partial charge is 0.335 e. The number of carboxylic acids is 2. The third-order valence-electron chi connectivity index (χ3n) is 8.25. The van der Waals surface area contributed by atoms with Crippen molar-refractivity contribution in [2.45, 2.75) is 12.8 Å². The first kappa shape index (κ1) is 37.9. The zero-order valence-electron chi connectivity index (χ0n) is 28.1. The molecular weight excluding hydrogens is 670 g/mol. The molecule has 1 heterocycles. The number of hydrogen-bond donors (Lipinski definition) is 2. The fraction of sp³-hybridized carbons (Fsp3) is 0.146. The maximum atomic E-state index is 11.3. The second-order valence-electron chi connectivity index (χ2n) is 11.3. The van der Waals surface area contributed by atoms with E-state index in [4.69, 9.17) is 17.9 Å². The van der Waals surface area contributed by atoms with E-state index in [2.05, 4.69) is 26.7 Å². The van der Waals surface area contributed by atoms with Gasteiger partial charge < -0.3 is 19.8 Å². The van der Waals surface area contributed by atoms with Gasteiger partial charge in [-0.3, -0.25) is 0 Å². The highest BCUT2D eigenvalue weighted by Crippen LogP contribution is 2.36. The van der Waals surface area contributed by atoms with Crippen molar-refractivity contribution in [1.29, 1.82) is 21.0 Å². The second kappa shape index (κ2) is 18.2. The first-order valence-corrected chi connectivity index (χ1v) is 15.9. The van der Waals surface area contributed by atoms with E-state index in [9.17, 15) is 40.8 Å². The third kappa shape index (κ3) is 9.03. The number of aromatic carboxylic acids is 2. The number of hydrogen-bond acceptors (Lipinski definition) is 8. The first-order valence-electron chi connectivity index (χ1n) is 15.9. The van der Waals surface area contributed by atoms with Gasteiger partial charge in [0.1, 0.15) is 0 Å². The molecule has 1 saturated heterocycles. The standard InChI is InChI=1S/C41H28N7O5/c1-46-35(25-44)37(27-9-15-31(16-10-27)40(49)50)33(23-42)7-3-5-29-13-14-30(39(29)48-19-21-53-22-20-48)6-4-8-34(24-43)38(36(26-45)47-2)28-11-17-32(18-12-28)41(51)52/h3-12,15-18H,13-14,19-22H2,(H,49,50)(H,51,52)/q-1. The van der Waals surface area contributed by atoms with Gasteiger partial charge in [-0.1, -0.05) is 54.1 Å². The lowest BCUT2D eigenvalue weighted by molar-refractivity contribution is 0.0547. The lowest BCUT2D eigenvalue weighted by Gasteiger charge is -2.31. The highest BCUT2D eigenvalue weighted by Gasteiger charge is 2.25. The molecule has 0 radical (unpaired) electrons. The number of benzene rings is 2. The van der Waals surface area contributed by atoms with E-state index in [1.165, 1.54) is 60.7 Å². The Bertz CT molecular complexity index is 2250. The molecule has 4 rings (SSSR count). The van der Waals surface area contributed by atoms with Crippen molar-refractivity contribution in [1.82, 2.24) is 4.90 Å². The Balaban J connectivity index is 1.76. The van der Waals surface area contributed by atoms with Crippen molar-refractivity contribution >= 4 is 23.1 Å². The molecule has 12 nitrogen and oxygen atoms in total. The Morgan fingerprint density at radius 1 is 0.830 bits per heavy atom. The summed E-state index contributed by atoms with van der Waals surface area (Å²) in [5.74, 6) is -2.28. The molecule has 2 aliphatic rings. The molecule has 12 heteroatoms. The normalized spacial score (nSPS) is 16.1. The van der Waals surface area contributed by atoms with Crippen molar-refractivity contribution < 1.29 is 24.5 Å². The van der Waals surface area contributed by atoms with E-state index in [0.717, 1.165) is 16.8 Å². The van der Waals surface area contributed by atoms with Crippen LogP contribution in [-0.2, 0) is 4.74 Å². The molecule has 53 heavy (non-hydrogen) atoms. The summed E-state index contributed by atoms with van der Waals surface area (Å²) in [5, 5.41) is 58.0. The molecular formula is C41H28N7O5-. The molecule has 0 aromatic heterocycles. The van der Waals surface area contributed by atoms with Crippen LogP contribution in [0.5, 0.6) is 0 Å². The first-order chi connectivity index (χ1) is 25.7.